The van der Waals surface area contributed by atoms with Crippen molar-refractivity contribution in [1.29, 1.82) is 0 Å². The monoisotopic (exact) mass is 299 g/mol. The summed E-state index contributed by atoms with van der Waals surface area (Å²) in [6.45, 7) is 1.85. The molecule has 6 heteroatoms. The average Bonchev–Trinajstić information content (AvgIpc) is 2.49. The van der Waals surface area contributed by atoms with Crippen LogP contribution in [0, 0.1) is 0 Å². The molecule has 2 heterocycles. The van der Waals surface area contributed by atoms with Crippen LogP contribution in [0.2, 0.25) is 0 Å². The predicted molar refractivity (Wildman–Crippen MR) is 82.6 cm³/mol. The number of nitrogens with one attached hydrogen (secondary N) is 2. The van der Waals surface area contributed by atoms with E-state index in [1.165, 1.54) is 11.8 Å². The summed E-state index contributed by atoms with van der Waals surface area (Å²) in [5, 5.41) is 5.49. The molecule has 1 aromatic carbocycles. The van der Waals surface area contributed by atoms with Gasteiger partial charge in [0.2, 0.25) is 5.91 Å². The van der Waals surface area contributed by atoms with Crippen molar-refractivity contribution in [2.75, 3.05) is 10.6 Å². The first-order valence-corrected chi connectivity index (χ1v) is 7.34. The molecule has 21 heavy (non-hydrogen) atoms. The van der Waals surface area contributed by atoms with Gasteiger partial charge in [-0.2, -0.15) is 0 Å². The Kier molecular flexibility index (Phi) is 3.62. The standard InChI is InChI=1S/C15H13N3O2S/c1-9-14(19)18-12-8-10(2-3-13(12)21-9)15(20)17-11-4-6-16-7-5-11/h2-9H,1H3,(H,18,19)(H,16,17,20)/t9-/m0/s1. The first-order valence-electron chi connectivity index (χ1n) is 6.46. The third-order valence-corrected chi connectivity index (χ3v) is 4.29. The van der Waals surface area contributed by atoms with Crippen LogP contribution in [0.4, 0.5) is 11.4 Å². The van der Waals surface area contributed by atoms with E-state index in [0.29, 0.717) is 16.9 Å². The first-order chi connectivity index (χ1) is 10.1. The van der Waals surface area contributed by atoms with Gasteiger partial charge in [0.1, 0.15) is 0 Å². The highest BCUT2D eigenvalue weighted by molar-refractivity contribution is 8.00. The molecule has 2 amide bonds. The highest BCUT2D eigenvalue weighted by atomic mass is 32.2. The molecule has 106 valence electrons. The van der Waals surface area contributed by atoms with Gasteiger partial charge < -0.3 is 10.6 Å². The minimum absolute atomic E-state index is 0.0424. The van der Waals surface area contributed by atoms with Gasteiger partial charge in [0.05, 0.1) is 10.9 Å². The van der Waals surface area contributed by atoms with Crippen molar-refractivity contribution in [2.45, 2.75) is 17.1 Å². The van der Waals surface area contributed by atoms with Crippen molar-refractivity contribution in [3.63, 3.8) is 0 Å². The van der Waals surface area contributed by atoms with E-state index in [9.17, 15) is 9.59 Å². The number of benzene rings is 1. The molecule has 1 aliphatic heterocycles. The van der Waals surface area contributed by atoms with Gasteiger partial charge in [-0.05, 0) is 37.3 Å². The van der Waals surface area contributed by atoms with E-state index < -0.39 is 0 Å². The SMILES string of the molecule is C[C@@H]1Sc2ccc(C(=O)Nc3ccncc3)cc2NC1=O. The van der Waals surface area contributed by atoms with E-state index in [1.54, 1.807) is 36.7 Å². The van der Waals surface area contributed by atoms with Gasteiger partial charge in [0, 0.05) is 28.5 Å². The second-order valence-corrected chi connectivity index (χ2v) is 6.03. The lowest BCUT2D eigenvalue weighted by Gasteiger charge is -2.21. The summed E-state index contributed by atoms with van der Waals surface area (Å²) in [4.78, 5) is 28.8. The number of nitrogens with zero attached hydrogens (tertiary/aromatic N) is 1. The Morgan fingerprint density at radius 2 is 2.05 bits per heavy atom. The number of rotatable bonds is 2. The molecule has 1 aliphatic rings. The Bertz CT molecular complexity index is 703. The molecule has 1 atom stereocenters. The zero-order valence-electron chi connectivity index (χ0n) is 11.3. The number of hydrogen-bond donors (Lipinski definition) is 2. The van der Waals surface area contributed by atoms with Gasteiger partial charge in [-0.1, -0.05) is 0 Å². The van der Waals surface area contributed by atoms with Gasteiger partial charge in [-0.3, -0.25) is 14.6 Å². The molecule has 1 aromatic heterocycles. The zero-order chi connectivity index (χ0) is 14.8. The summed E-state index contributed by atoms with van der Waals surface area (Å²) in [5.41, 5.74) is 1.87. The molecule has 5 nitrogen and oxygen atoms in total. The predicted octanol–water partition coefficient (Wildman–Crippen LogP) is 2.77. The molecule has 2 N–H and O–H groups in total. The molecule has 0 spiro atoms. The average molecular weight is 299 g/mol. The molecule has 0 saturated carbocycles. The van der Waals surface area contributed by atoms with E-state index in [0.717, 1.165) is 4.90 Å². The second-order valence-electron chi connectivity index (χ2n) is 4.65. The fraction of sp³-hybridized carbons (Fsp3) is 0.133. The number of carbonyl (C=O) groups is 2. The van der Waals surface area contributed by atoms with Gasteiger partial charge in [-0.25, -0.2) is 0 Å². The van der Waals surface area contributed by atoms with Crippen LogP contribution >= 0.6 is 11.8 Å². The molecule has 0 fully saturated rings. The number of carbonyl (C=O) groups excluding carboxylic acids is 2. The van der Waals surface area contributed by atoms with E-state index >= 15 is 0 Å². The number of fused-ring (bicyclic) bond motifs is 1. The molecular weight excluding hydrogens is 286 g/mol. The summed E-state index contributed by atoms with van der Waals surface area (Å²) in [7, 11) is 0. The Hall–Kier alpha value is -2.34. The minimum Gasteiger partial charge on any atom is -0.324 e. The normalized spacial score (nSPS) is 16.8. The zero-order valence-corrected chi connectivity index (χ0v) is 12.1. The van der Waals surface area contributed by atoms with Gasteiger partial charge >= 0.3 is 0 Å². The molecule has 0 saturated heterocycles. The molecule has 2 aromatic rings. The van der Waals surface area contributed by atoms with Crippen molar-refractivity contribution < 1.29 is 9.59 Å². The maximum atomic E-state index is 12.2. The first kappa shape index (κ1) is 13.6. The quantitative estimate of drug-likeness (QED) is 0.894. The lowest BCUT2D eigenvalue weighted by atomic mass is 10.1. The van der Waals surface area contributed by atoms with Crippen LogP contribution < -0.4 is 10.6 Å². The van der Waals surface area contributed by atoms with Crippen LogP contribution in [0.15, 0.2) is 47.6 Å². The summed E-state index contributed by atoms with van der Waals surface area (Å²) < 4.78 is 0. The number of pyridine rings is 1. The van der Waals surface area contributed by atoms with Crippen LogP contribution in [-0.2, 0) is 4.79 Å². The number of hydrogen-bond acceptors (Lipinski definition) is 4. The molecular formula is C15H13N3O2S. The van der Waals surface area contributed by atoms with Gasteiger partial charge in [0.25, 0.3) is 5.91 Å². The highest BCUT2D eigenvalue weighted by Gasteiger charge is 2.23. The second kappa shape index (κ2) is 5.57. The van der Waals surface area contributed by atoms with Crippen LogP contribution in [0.3, 0.4) is 0 Å². The Labute approximate surface area is 126 Å². The molecule has 0 aliphatic carbocycles. The van der Waals surface area contributed by atoms with Crippen molar-refractivity contribution in [2.24, 2.45) is 0 Å². The topological polar surface area (TPSA) is 71.1 Å². The fourth-order valence-corrected chi connectivity index (χ4v) is 2.92. The van der Waals surface area contributed by atoms with Crippen LogP contribution in [0.25, 0.3) is 0 Å². The lowest BCUT2D eigenvalue weighted by molar-refractivity contribution is -0.115. The number of thioether (sulfide) groups is 1. The number of amides is 2. The smallest absolute Gasteiger partial charge is 0.255 e. The van der Waals surface area contributed by atoms with Gasteiger partial charge in [-0.15, -0.1) is 11.8 Å². The highest BCUT2D eigenvalue weighted by Crippen LogP contribution is 2.35. The van der Waals surface area contributed by atoms with Crippen molar-refractivity contribution >= 4 is 35.0 Å². The van der Waals surface area contributed by atoms with E-state index in [4.69, 9.17) is 0 Å². The fourth-order valence-electron chi connectivity index (χ4n) is 1.99. The molecule has 0 bridgehead atoms. The van der Waals surface area contributed by atoms with Crippen LogP contribution in [0.1, 0.15) is 17.3 Å². The minimum atomic E-state index is -0.220. The number of anilines is 2. The largest absolute Gasteiger partial charge is 0.324 e. The van der Waals surface area contributed by atoms with Crippen molar-refractivity contribution in [3.05, 3.63) is 48.3 Å². The Balaban J connectivity index is 1.82. The van der Waals surface area contributed by atoms with E-state index in [2.05, 4.69) is 15.6 Å². The lowest BCUT2D eigenvalue weighted by Crippen LogP contribution is -2.26. The molecule has 3 rings (SSSR count). The third kappa shape index (κ3) is 2.90. The summed E-state index contributed by atoms with van der Waals surface area (Å²) >= 11 is 1.49. The number of aromatic nitrogens is 1. The Morgan fingerprint density at radius 1 is 1.29 bits per heavy atom. The molecule has 0 unspecified atom stereocenters. The summed E-state index contributed by atoms with van der Waals surface area (Å²) in [6, 6.07) is 8.75. The van der Waals surface area contributed by atoms with Crippen molar-refractivity contribution in [3.8, 4) is 0 Å². The third-order valence-electron chi connectivity index (χ3n) is 3.11. The summed E-state index contributed by atoms with van der Waals surface area (Å²) in [6.07, 6.45) is 3.22. The van der Waals surface area contributed by atoms with E-state index in [-0.39, 0.29) is 17.1 Å². The molecule has 0 radical (unpaired) electrons. The van der Waals surface area contributed by atoms with Crippen LogP contribution in [0.5, 0.6) is 0 Å². The van der Waals surface area contributed by atoms with E-state index in [1.807, 2.05) is 13.0 Å². The Morgan fingerprint density at radius 3 is 2.81 bits per heavy atom. The van der Waals surface area contributed by atoms with Crippen molar-refractivity contribution in [1.82, 2.24) is 4.98 Å². The van der Waals surface area contributed by atoms with Crippen LogP contribution in [-0.4, -0.2) is 22.0 Å². The maximum absolute atomic E-state index is 12.2. The maximum Gasteiger partial charge on any atom is 0.255 e. The van der Waals surface area contributed by atoms with Gasteiger partial charge in [0.15, 0.2) is 0 Å². The summed E-state index contributed by atoms with van der Waals surface area (Å²) in [5.74, 6) is -0.263.